The molecule has 4 aliphatic heterocycles. The van der Waals surface area contributed by atoms with Crippen LogP contribution in [0.1, 0.15) is 63.7 Å². The van der Waals surface area contributed by atoms with E-state index in [0.717, 1.165) is 32.4 Å². The zero-order chi connectivity index (χ0) is 26.1. The van der Waals surface area contributed by atoms with Crippen LogP contribution >= 0.6 is 47.0 Å². The first-order valence-corrected chi connectivity index (χ1v) is 15.8. The van der Waals surface area contributed by atoms with Gasteiger partial charge in [-0.25, -0.2) is 9.78 Å². The molecule has 0 saturated carbocycles. The Morgan fingerprint density at radius 1 is 0.806 bits per heavy atom. The van der Waals surface area contributed by atoms with Crippen LogP contribution in [0, 0.1) is 12.8 Å². The summed E-state index contributed by atoms with van der Waals surface area (Å²) in [5.74, 6) is 3.23. The van der Waals surface area contributed by atoms with Crippen molar-refractivity contribution in [3.8, 4) is 0 Å². The van der Waals surface area contributed by atoms with E-state index in [4.69, 9.17) is 24.4 Å². The van der Waals surface area contributed by atoms with E-state index in [1.807, 2.05) is 30.4 Å². The molecule has 36 heavy (non-hydrogen) atoms. The van der Waals surface area contributed by atoms with Gasteiger partial charge in [0.15, 0.2) is 5.69 Å². The van der Waals surface area contributed by atoms with E-state index in [1.165, 1.54) is 5.04 Å². The van der Waals surface area contributed by atoms with Gasteiger partial charge in [-0.15, -0.1) is 47.0 Å². The Labute approximate surface area is 228 Å². The number of oxazole rings is 1. The number of rotatable bonds is 6. The smallest absolute Gasteiger partial charge is 0.358 e. The van der Waals surface area contributed by atoms with E-state index in [9.17, 15) is 9.90 Å². The first kappa shape index (κ1) is 26.4. The summed E-state index contributed by atoms with van der Waals surface area (Å²) in [5, 5.41) is 13.7. The normalized spacial score (nSPS) is 36.3. The molecule has 0 spiro atoms. The average Bonchev–Trinajstić information content (AvgIpc) is 3.59. The maximum atomic E-state index is 11.4. The van der Waals surface area contributed by atoms with Crippen LogP contribution in [-0.4, -0.2) is 75.9 Å². The maximum absolute atomic E-state index is 11.4. The molecule has 0 amide bonds. The van der Waals surface area contributed by atoms with E-state index < -0.39 is 17.0 Å². The molecule has 5 rings (SSSR count). The number of hydrogen-bond acceptors (Lipinski definition) is 11. The fourth-order valence-electron chi connectivity index (χ4n) is 4.40. The second kappa shape index (κ2) is 8.91. The summed E-state index contributed by atoms with van der Waals surface area (Å²) in [6.07, 6.45) is 0. The van der Waals surface area contributed by atoms with Gasteiger partial charge in [0.05, 0.1) is 20.2 Å². The summed E-state index contributed by atoms with van der Waals surface area (Å²) >= 11 is 7.08. The largest absolute Gasteiger partial charge is 0.476 e. The molecule has 0 saturated heterocycles. The van der Waals surface area contributed by atoms with E-state index in [1.54, 1.807) is 30.4 Å². The second-order valence-corrected chi connectivity index (χ2v) is 14.7. The lowest BCUT2D eigenvalue weighted by molar-refractivity contribution is 0.0689. The highest BCUT2D eigenvalue weighted by Crippen LogP contribution is 2.47. The predicted molar refractivity (Wildman–Crippen MR) is 155 cm³/mol. The fraction of sp³-hybridized carbons (Fsp3) is 0.667. The van der Waals surface area contributed by atoms with Gasteiger partial charge < -0.3 is 9.52 Å². The van der Waals surface area contributed by atoms with Crippen molar-refractivity contribution >= 4 is 73.2 Å². The van der Waals surface area contributed by atoms with Crippen molar-refractivity contribution in [2.24, 2.45) is 25.9 Å². The van der Waals surface area contributed by atoms with Crippen LogP contribution in [0.15, 0.2) is 24.4 Å². The van der Waals surface area contributed by atoms with Crippen molar-refractivity contribution in [1.82, 2.24) is 4.98 Å². The summed E-state index contributed by atoms with van der Waals surface area (Å²) in [6.45, 7) is 14.5. The van der Waals surface area contributed by atoms with Crippen LogP contribution in [0.4, 0.5) is 0 Å². The Morgan fingerprint density at radius 3 is 1.69 bits per heavy atom. The number of nitrogens with zero attached hydrogens (tertiary/aromatic N) is 5. The number of aromatic carboxylic acids is 1. The van der Waals surface area contributed by atoms with Gasteiger partial charge in [0.2, 0.25) is 5.89 Å². The highest BCUT2D eigenvalue weighted by molar-refractivity contribution is 8.17. The van der Waals surface area contributed by atoms with Gasteiger partial charge in [-0.05, 0) is 34.6 Å². The number of carboxylic acid groups (broad SMARTS) is 1. The van der Waals surface area contributed by atoms with Crippen molar-refractivity contribution in [1.29, 1.82) is 0 Å². The molecule has 0 radical (unpaired) electrons. The molecule has 8 nitrogen and oxygen atoms in total. The topological polar surface area (TPSA) is 113 Å². The summed E-state index contributed by atoms with van der Waals surface area (Å²) in [4.78, 5) is 36.2. The third kappa shape index (κ3) is 4.39. The number of hydrogen-bond donors (Lipinski definition) is 1. The summed E-state index contributed by atoms with van der Waals surface area (Å²) < 4.78 is 5.73. The van der Waals surface area contributed by atoms with Gasteiger partial charge >= 0.3 is 5.97 Å². The lowest BCUT2D eigenvalue weighted by Crippen LogP contribution is -2.34. The quantitative estimate of drug-likeness (QED) is 0.487. The van der Waals surface area contributed by atoms with Crippen molar-refractivity contribution < 1.29 is 14.3 Å². The Hall–Kier alpha value is -1.24. The summed E-state index contributed by atoms with van der Waals surface area (Å²) in [7, 11) is 0. The third-order valence-corrected chi connectivity index (χ3v) is 12.8. The molecule has 0 fully saturated rings. The third-order valence-electron chi connectivity index (χ3n) is 6.71. The summed E-state index contributed by atoms with van der Waals surface area (Å²) in [6, 6.07) is 0. The van der Waals surface area contributed by atoms with Gasteiger partial charge in [-0.3, -0.25) is 20.0 Å². The molecular weight excluding hydrogens is 535 g/mol. The van der Waals surface area contributed by atoms with Crippen molar-refractivity contribution in [3.05, 3.63) is 17.3 Å². The minimum atomic E-state index is -1.09. The number of aryl methyl sites for hydroxylation is 1. The average molecular weight is 566 g/mol. The number of aliphatic imine (C=N–C) groups is 4. The van der Waals surface area contributed by atoms with Crippen molar-refractivity contribution in [2.45, 2.75) is 70.6 Å². The number of carboxylic acids is 1. The Morgan fingerprint density at radius 2 is 1.25 bits per heavy atom. The highest BCUT2D eigenvalue weighted by atomic mass is 32.2. The molecule has 5 heterocycles. The van der Waals surface area contributed by atoms with Crippen LogP contribution in [0.5, 0.6) is 0 Å². The van der Waals surface area contributed by atoms with Crippen LogP contribution in [0.25, 0.3) is 0 Å². The van der Waals surface area contributed by atoms with Crippen LogP contribution < -0.4 is 0 Å². The standard InChI is InChI=1S/C24H31N5O3S4/c1-12(2)15-26-22(5,9-33-15)18-28-24(7,11-35-18)20-29-23(6,10-36-20)19-27-21(4,8-34-19)17-25-14(16(30)31)13(3)32-17/h12H,8-11H2,1-7H3,(H,30,31)/t21-,22+,23-,24-/m0/s1. The first-order valence-electron chi connectivity index (χ1n) is 11.9. The van der Waals surface area contributed by atoms with Gasteiger partial charge in [0.1, 0.15) is 27.9 Å². The maximum Gasteiger partial charge on any atom is 0.358 e. The van der Waals surface area contributed by atoms with Gasteiger partial charge in [0.25, 0.3) is 0 Å². The lowest BCUT2D eigenvalue weighted by atomic mass is 10.0. The Bertz CT molecular complexity index is 1260. The predicted octanol–water partition coefficient (Wildman–Crippen LogP) is 5.41. The van der Waals surface area contributed by atoms with Gasteiger partial charge in [-0.2, -0.15) is 0 Å². The molecule has 1 N–H and O–H groups in total. The monoisotopic (exact) mass is 565 g/mol. The SMILES string of the molecule is Cc1oc([C@]2(C)CSC([C@]3(C)CSC([C@]4(C)CSC([C@@]5(C)CSC(C(C)C)=N5)=N4)=N3)=N2)nc1C(=O)O. The van der Waals surface area contributed by atoms with Crippen molar-refractivity contribution in [2.75, 3.05) is 23.0 Å². The molecule has 1 aromatic heterocycles. The van der Waals surface area contributed by atoms with Gasteiger partial charge in [-0.1, -0.05) is 13.8 Å². The molecule has 12 heteroatoms. The number of thioether (sulfide) groups is 4. The lowest BCUT2D eigenvalue weighted by Gasteiger charge is -2.21. The van der Waals surface area contributed by atoms with Crippen LogP contribution in [0.2, 0.25) is 0 Å². The molecule has 0 bridgehead atoms. The second-order valence-electron chi connectivity index (χ2n) is 10.8. The van der Waals surface area contributed by atoms with E-state index >= 15 is 0 Å². The first-order chi connectivity index (χ1) is 16.8. The number of aromatic nitrogens is 1. The highest BCUT2D eigenvalue weighted by Gasteiger charge is 2.50. The molecule has 1 aromatic rings. The molecule has 0 aliphatic carbocycles. The minimum absolute atomic E-state index is 0.0534. The summed E-state index contributed by atoms with van der Waals surface area (Å²) in [5.41, 5.74) is -1.85. The molecule has 194 valence electrons. The number of carbonyl (C=O) groups is 1. The molecule has 0 aromatic carbocycles. The fourth-order valence-corrected chi connectivity index (χ4v) is 9.83. The van der Waals surface area contributed by atoms with Crippen LogP contribution in [-0.2, 0) is 5.54 Å². The molecule has 4 atom stereocenters. The van der Waals surface area contributed by atoms with E-state index in [0.29, 0.717) is 23.3 Å². The van der Waals surface area contributed by atoms with Crippen LogP contribution in [0.3, 0.4) is 0 Å². The van der Waals surface area contributed by atoms with E-state index in [-0.39, 0.29) is 16.8 Å². The minimum Gasteiger partial charge on any atom is -0.476 e. The zero-order valence-corrected chi connectivity index (χ0v) is 24.8. The van der Waals surface area contributed by atoms with Crippen molar-refractivity contribution in [3.63, 3.8) is 0 Å². The van der Waals surface area contributed by atoms with E-state index in [2.05, 4.69) is 39.6 Å². The molecule has 4 aliphatic rings. The van der Waals surface area contributed by atoms with Gasteiger partial charge in [0, 0.05) is 28.9 Å². The zero-order valence-electron chi connectivity index (χ0n) is 21.5. The molecular formula is C24H31N5O3S4. The Balaban J connectivity index is 1.40. The Kier molecular flexibility index (Phi) is 6.53. The molecule has 0 unspecified atom stereocenters.